The Bertz CT molecular complexity index is 623. The van der Waals surface area contributed by atoms with E-state index in [-0.39, 0.29) is 24.5 Å². The molecule has 1 aliphatic carbocycles. The van der Waals surface area contributed by atoms with Crippen LogP contribution in [0.5, 0.6) is 0 Å². The highest BCUT2D eigenvalue weighted by Gasteiger charge is 2.20. The summed E-state index contributed by atoms with van der Waals surface area (Å²) >= 11 is 0. The summed E-state index contributed by atoms with van der Waals surface area (Å²) in [5, 5.41) is 2.83. The zero-order valence-electron chi connectivity index (χ0n) is 15.1. The third-order valence-corrected chi connectivity index (χ3v) is 4.69. The topological polar surface area (TPSA) is 72.5 Å². The standard InChI is InChI=1S/C20H26FNO4/c1-14(20(25)22-13-15-5-3-2-4-6-15)26-19(24)12-11-18(23)16-7-9-17(21)10-8-16/h7-10,14-15H,2-6,11-13H2,1H3,(H,22,25). The second kappa shape index (κ2) is 10.0. The Labute approximate surface area is 153 Å². The van der Waals surface area contributed by atoms with Crippen molar-refractivity contribution >= 4 is 17.7 Å². The molecule has 1 atom stereocenters. The largest absolute Gasteiger partial charge is 0.453 e. The Morgan fingerprint density at radius 2 is 1.77 bits per heavy atom. The highest BCUT2D eigenvalue weighted by atomic mass is 19.1. The van der Waals surface area contributed by atoms with Crippen molar-refractivity contribution < 1.29 is 23.5 Å². The van der Waals surface area contributed by atoms with Crippen LogP contribution in [0.4, 0.5) is 4.39 Å². The first-order valence-electron chi connectivity index (χ1n) is 9.21. The average molecular weight is 363 g/mol. The number of carbonyl (C=O) groups excluding carboxylic acids is 3. The van der Waals surface area contributed by atoms with Crippen LogP contribution in [0, 0.1) is 11.7 Å². The number of Topliss-reactive ketones (excluding diaryl/α,β-unsaturated/α-hetero) is 1. The number of benzene rings is 1. The first-order chi connectivity index (χ1) is 12.5. The lowest BCUT2D eigenvalue weighted by atomic mass is 9.89. The summed E-state index contributed by atoms with van der Waals surface area (Å²) in [6.07, 6.45) is 4.87. The predicted octanol–water partition coefficient (Wildman–Crippen LogP) is 3.42. The third kappa shape index (κ3) is 6.58. The first-order valence-corrected chi connectivity index (χ1v) is 9.21. The van der Waals surface area contributed by atoms with Gasteiger partial charge in [-0.05, 0) is 49.9 Å². The number of rotatable bonds is 8. The molecule has 0 radical (unpaired) electrons. The van der Waals surface area contributed by atoms with Gasteiger partial charge in [-0.1, -0.05) is 19.3 Å². The third-order valence-electron chi connectivity index (χ3n) is 4.69. The minimum absolute atomic E-state index is 0.0408. The van der Waals surface area contributed by atoms with Crippen LogP contribution >= 0.6 is 0 Å². The molecule has 1 aromatic rings. The van der Waals surface area contributed by atoms with E-state index < -0.39 is 17.9 Å². The number of carbonyl (C=O) groups is 3. The fraction of sp³-hybridized carbons (Fsp3) is 0.550. The second-order valence-corrected chi connectivity index (χ2v) is 6.81. The lowest BCUT2D eigenvalue weighted by Crippen LogP contribution is -2.38. The molecule has 1 unspecified atom stereocenters. The summed E-state index contributed by atoms with van der Waals surface area (Å²) in [6.45, 7) is 2.14. The fourth-order valence-corrected chi connectivity index (χ4v) is 3.09. The van der Waals surface area contributed by atoms with E-state index in [4.69, 9.17) is 4.74 Å². The highest BCUT2D eigenvalue weighted by Crippen LogP contribution is 2.22. The molecule has 142 valence electrons. The summed E-state index contributed by atoms with van der Waals surface area (Å²) in [5.41, 5.74) is 0.345. The molecular formula is C20H26FNO4. The molecule has 0 heterocycles. The normalized spacial score (nSPS) is 15.9. The molecule has 1 saturated carbocycles. The van der Waals surface area contributed by atoms with Crippen molar-refractivity contribution in [3.63, 3.8) is 0 Å². The van der Waals surface area contributed by atoms with Gasteiger partial charge in [0.1, 0.15) is 5.82 Å². The molecule has 0 aromatic heterocycles. The van der Waals surface area contributed by atoms with E-state index in [0.717, 1.165) is 12.8 Å². The maximum absolute atomic E-state index is 12.8. The van der Waals surface area contributed by atoms with Crippen molar-refractivity contribution in [2.75, 3.05) is 6.54 Å². The van der Waals surface area contributed by atoms with Crippen LogP contribution in [0.3, 0.4) is 0 Å². The van der Waals surface area contributed by atoms with Gasteiger partial charge in [0.2, 0.25) is 0 Å². The van der Waals surface area contributed by atoms with Crippen molar-refractivity contribution in [2.24, 2.45) is 5.92 Å². The van der Waals surface area contributed by atoms with Crippen LogP contribution < -0.4 is 5.32 Å². The van der Waals surface area contributed by atoms with Gasteiger partial charge >= 0.3 is 5.97 Å². The monoisotopic (exact) mass is 363 g/mol. The Morgan fingerprint density at radius 1 is 1.12 bits per heavy atom. The quantitative estimate of drug-likeness (QED) is 0.567. The summed E-state index contributed by atoms with van der Waals surface area (Å²) in [7, 11) is 0. The van der Waals surface area contributed by atoms with Crippen LogP contribution in [0.15, 0.2) is 24.3 Å². The van der Waals surface area contributed by atoms with Crippen molar-refractivity contribution in [1.82, 2.24) is 5.32 Å². The van der Waals surface area contributed by atoms with Crippen molar-refractivity contribution in [2.45, 2.75) is 58.0 Å². The molecule has 1 aliphatic rings. The SMILES string of the molecule is CC(OC(=O)CCC(=O)c1ccc(F)cc1)C(=O)NCC1CCCCC1. The summed E-state index contributed by atoms with van der Waals surface area (Å²) < 4.78 is 17.9. The van der Waals surface area contributed by atoms with Gasteiger partial charge in [-0.3, -0.25) is 14.4 Å². The molecule has 1 fully saturated rings. The second-order valence-electron chi connectivity index (χ2n) is 6.81. The molecule has 0 spiro atoms. The number of esters is 1. The minimum atomic E-state index is -0.882. The predicted molar refractivity (Wildman–Crippen MR) is 95.1 cm³/mol. The molecular weight excluding hydrogens is 337 g/mol. The average Bonchev–Trinajstić information content (AvgIpc) is 2.65. The number of ether oxygens (including phenoxy) is 1. The maximum atomic E-state index is 12.8. The molecule has 1 aromatic carbocycles. The Balaban J connectivity index is 1.68. The van der Waals surface area contributed by atoms with E-state index >= 15 is 0 Å². The molecule has 1 N–H and O–H groups in total. The van der Waals surface area contributed by atoms with E-state index in [9.17, 15) is 18.8 Å². The summed E-state index contributed by atoms with van der Waals surface area (Å²) in [4.78, 5) is 35.8. The van der Waals surface area contributed by atoms with Gasteiger partial charge < -0.3 is 10.1 Å². The number of ketones is 1. The minimum Gasteiger partial charge on any atom is -0.453 e. The van der Waals surface area contributed by atoms with E-state index in [1.165, 1.54) is 50.5 Å². The van der Waals surface area contributed by atoms with Crippen LogP contribution in [-0.2, 0) is 14.3 Å². The zero-order chi connectivity index (χ0) is 18.9. The van der Waals surface area contributed by atoms with E-state index in [2.05, 4.69) is 5.32 Å². The first kappa shape index (κ1) is 20.1. The molecule has 1 amide bonds. The van der Waals surface area contributed by atoms with Crippen molar-refractivity contribution in [3.8, 4) is 0 Å². The lowest BCUT2D eigenvalue weighted by Gasteiger charge is -2.22. The van der Waals surface area contributed by atoms with Crippen LogP contribution in [0.2, 0.25) is 0 Å². The number of amides is 1. The maximum Gasteiger partial charge on any atom is 0.307 e. The Morgan fingerprint density at radius 3 is 2.42 bits per heavy atom. The summed E-state index contributed by atoms with van der Waals surface area (Å²) in [5.74, 6) is -1.09. The van der Waals surface area contributed by atoms with E-state index in [1.807, 2.05) is 0 Å². The van der Waals surface area contributed by atoms with Crippen molar-refractivity contribution in [1.29, 1.82) is 0 Å². The van der Waals surface area contributed by atoms with Gasteiger partial charge in [-0.2, -0.15) is 0 Å². The van der Waals surface area contributed by atoms with Gasteiger partial charge in [0.25, 0.3) is 5.91 Å². The number of hydrogen-bond donors (Lipinski definition) is 1. The molecule has 2 rings (SSSR count). The smallest absolute Gasteiger partial charge is 0.307 e. The molecule has 26 heavy (non-hydrogen) atoms. The Kier molecular flexibility index (Phi) is 7.75. The van der Waals surface area contributed by atoms with Gasteiger partial charge in [0, 0.05) is 18.5 Å². The molecule has 0 bridgehead atoms. The number of nitrogens with one attached hydrogen (secondary N) is 1. The molecule has 6 heteroatoms. The van der Waals surface area contributed by atoms with Crippen LogP contribution in [0.25, 0.3) is 0 Å². The number of halogens is 1. The highest BCUT2D eigenvalue weighted by molar-refractivity contribution is 5.97. The van der Waals surface area contributed by atoms with Crippen molar-refractivity contribution in [3.05, 3.63) is 35.6 Å². The molecule has 5 nitrogen and oxygen atoms in total. The fourth-order valence-electron chi connectivity index (χ4n) is 3.09. The molecule has 0 saturated heterocycles. The molecule has 0 aliphatic heterocycles. The van der Waals surface area contributed by atoms with Gasteiger partial charge in [-0.25, -0.2) is 4.39 Å². The van der Waals surface area contributed by atoms with Gasteiger partial charge in [0.05, 0.1) is 6.42 Å². The van der Waals surface area contributed by atoms with E-state index in [0.29, 0.717) is 18.0 Å². The summed E-state index contributed by atoms with van der Waals surface area (Å²) in [6, 6.07) is 5.16. The zero-order valence-corrected chi connectivity index (χ0v) is 15.1. The lowest BCUT2D eigenvalue weighted by molar-refractivity contribution is -0.154. The van der Waals surface area contributed by atoms with Crippen LogP contribution in [-0.4, -0.2) is 30.3 Å². The number of hydrogen-bond acceptors (Lipinski definition) is 4. The Hall–Kier alpha value is -2.24. The van der Waals surface area contributed by atoms with Crippen LogP contribution in [0.1, 0.15) is 62.2 Å². The van der Waals surface area contributed by atoms with Gasteiger partial charge in [0.15, 0.2) is 11.9 Å². The van der Waals surface area contributed by atoms with E-state index in [1.54, 1.807) is 0 Å². The van der Waals surface area contributed by atoms with Gasteiger partial charge in [-0.15, -0.1) is 0 Å².